The molecule has 0 saturated carbocycles. The summed E-state index contributed by atoms with van der Waals surface area (Å²) in [5, 5.41) is 2.09. The fourth-order valence-corrected chi connectivity index (χ4v) is 4.33. The zero-order chi connectivity index (χ0) is 18.3. The molecule has 1 atom stereocenters. The van der Waals surface area contributed by atoms with Crippen molar-refractivity contribution in [2.24, 2.45) is 0 Å². The molecule has 0 N–H and O–H groups in total. The molecule has 3 heterocycles. The Morgan fingerprint density at radius 2 is 2.19 bits per heavy atom. The zero-order valence-corrected chi connectivity index (χ0v) is 16.3. The summed E-state index contributed by atoms with van der Waals surface area (Å²) in [6.07, 6.45) is 8.14. The minimum absolute atomic E-state index is 0.419. The van der Waals surface area contributed by atoms with Crippen molar-refractivity contribution in [1.29, 1.82) is 0 Å². The molecule has 3 aromatic rings. The van der Waals surface area contributed by atoms with Gasteiger partial charge >= 0.3 is 0 Å². The van der Waals surface area contributed by atoms with E-state index in [1.807, 2.05) is 24.5 Å². The normalized spacial score (nSPS) is 18.3. The minimum atomic E-state index is 0.419. The second kappa shape index (κ2) is 6.90. The van der Waals surface area contributed by atoms with E-state index in [2.05, 4.69) is 59.7 Å². The number of fused-ring (bicyclic) bond motifs is 3. The molecule has 3 nitrogen and oxygen atoms in total. The van der Waals surface area contributed by atoms with Crippen molar-refractivity contribution in [1.82, 2.24) is 14.5 Å². The summed E-state index contributed by atoms with van der Waals surface area (Å²) in [5.74, 6) is 0. The second-order valence-electron chi connectivity index (χ2n) is 7.10. The average Bonchev–Trinajstić information content (AvgIpc) is 2.95. The van der Waals surface area contributed by atoms with Gasteiger partial charge in [-0.25, -0.2) is 0 Å². The SMILES string of the molecule is CCC1c2c(c3cc(Cl)ccc3n2C=C(C)c2cccnc2)CCN1C. The highest BCUT2D eigenvalue weighted by molar-refractivity contribution is 6.31. The molecule has 0 amide bonds. The van der Waals surface area contributed by atoms with E-state index in [-0.39, 0.29) is 0 Å². The fourth-order valence-electron chi connectivity index (χ4n) is 4.16. The van der Waals surface area contributed by atoms with Gasteiger partial charge in [-0.15, -0.1) is 0 Å². The topological polar surface area (TPSA) is 21.1 Å². The third-order valence-corrected chi connectivity index (χ3v) is 5.74. The minimum Gasteiger partial charge on any atom is -0.318 e. The summed E-state index contributed by atoms with van der Waals surface area (Å²) in [7, 11) is 2.23. The standard InChI is InChI=1S/C22H24ClN3/c1-4-20-22-18(9-11-25(20)3)19-12-17(23)7-8-21(19)26(22)14-15(2)16-6-5-10-24-13-16/h5-8,10,12-14,20H,4,9,11H2,1-3H3. The number of benzene rings is 1. The van der Waals surface area contributed by atoms with Crippen LogP contribution in [0.25, 0.3) is 22.7 Å². The van der Waals surface area contributed by atoms with Crippen LogP contribution in [0.5, 0.6) is 0 Å². The lowest BCUT2D eigenvalue weighted by molar-refractivity contribution is 0.220. The molecule has 0 spiro atoms. The highest BCUT2D eigenvalue weighted by Gasteiger charge is 2.29. The van der Waals surface area contributed by atoms with Gasteiger partial charge in [0.05, 0.1) is 11.6 Å². The fraction of sp³-hybridized carbons (Fsp3) is 0.318. The van der Waals surface area contributed by atoms with Crippen LogP contribution in [0.15, 0.2) is 42.7 Å². The van der Waals surface area contributed by atoms with Gasteiger partial charge in [0.25, 0.3) is 0 Å². The van der Waals surface area contributed by atoms with E-state index in [9.17, 15) is 0 Å². The Kier molecular flexibility index (Phi) is 4.60. The van der Waals surface area contributed by atoms with Crippen LogP contribution in [0, 0.1) is 0 Å². The molecule has 1 aliphatic heterocycles. The molecule has 0 bridgehead atoms. The molecule has 0 saturated heterocycles. The summed E-state index contributed by atoms with van der Waals surface area (Å²) < 4.78 is 2.38. The first-order valence-corrected chi connectivity index (χ1v) is 9.59. The quantitative estimate of drug-likeness (QED) is 0.598. The predicted molar refractivity (Wildman–Crippen MR) is 110 cm³/mol. The van der Waals surface area contributed by atoms with Gasteiger partial charge < -0.3 is 4.57 Å². The number of hydrogen-bond acceptors (Lipinski definition) is 2. The third-order valence-electron chi connectivity index (χ3n) is 5.50. The number of pyridine rings is 1. The summed E-state index contributed by atoms with van der Waals surface area (Å²) in [4.78, 5) is 6.73. The van der Waals surface area contributed by atoms with Crippen molar-refractivity contribution in [3.63, 3.8) is 0 Å². The Morgan fingerprint density at radius 3 is 2.92 bits per heavy atom. The molecule has 26 heavy (non-hydrogen) atoms. The van der Waals surface area contributed by atoms with Gasteiger partial charge in [-0.2, -0.15) is 0 Å². The first-order chi connectivity index (χ1) is 12.6. The Balaban J connectivity index is 1.98. The van der Waals surface area contributed by atoms with Crippen molar-refractivity contribution in [2.45, 2.75) is 32.7 Å². The molecule has 0 aliphatic carbocycles. The van der Waals surface area contributed by atoms with E-state index < -0.39 is 0 Å². The highest BCUT2D eigenvalue weighted by atomic mass is 35.5. The van der Waals surface area contributed by atoms with Gasteiger partial charge in [0.2, 0.25) is 0 Å². The molecule has 0 radical (unpaired) electrons. The van der Waals surface area contributed by atoms with E-state index in [0.29, 0.717) is 6.04 Å². The second-order valence-corrected chi connectivity index (χ2v) is 7.54. The maximum atomic E-state index is 6.33. The van der Waals surface area contributed by atoms with Gasteiger partial charge in [-0.05, 0) is 67.8 Å². The Labute approximate surface area is 159 Å². The van der Waals surface area contributed by atoms with Crippen LogP contribution in [0.2, 0.25) is 5.02 Å². The number of halogens is 1. The molecular formula is C22H24ClN3. The molecule has 134 valence electrons. The van der Waals surface area contributed by atoms with Crippen molar-refractivity contribution >= 4 is 34.3 Å². The predicted octanol–water partition coefficient (Wildman–Crippen LogP) is 5.65. The summed E-state index contributed by atoms with van der Waals surface area (Å²) in [5.41, 5.74) is 6.44. The van der Waals surface area contributed by atoms with Crippen molar-refractivity contribution in [3.05, 3.63) is 64.6 Å². The third kappa shape index (κ3) is 2.85. The Hall–Kier alpha value is -2.10. The lowest BCUT2D eigenvalue weighted by Gasteiger charge is -2.33. The first-order valence-electron chi connectivity index (χ1n) is 9.21. The Bertz CT molecular complexity index is 972. The van der Waals surface area contributed by atoms with E-state index in [1.54, 1.807) is 0 Å². The van der Waals surface area contributed by atoms with Crippen LogP contribution in [0.4, 0.5) is 0 Å². The molecule has 1 unspecified atom stereocenters. The number of rotatable bonds is 3. The van der Waals surface area contributed by atoms with Gasteiger partial charge in [-0.1, -0.05) is 24.6 Å². The summed E-state index contributed by atoms with van der Waals surface area (Å²) >= 11 is 6.33. The smallest absolute Gasteiger partial charge is 0.0530 e. The number of hydrogen-bond donors (Lipinski definition) is 0. The highest BCUT2D eigenvalue weighted by Crippen LogP contribution is 2.39. The first kappa shape index (κ1) is 17.3. The molecule has 4 rings (SSSR count). The van der Waals surface area contributed by atoms with E-state index in [4.69, 9.17) is 11.6 Å². The molecule has 4 heteroatoms. The average molecular weight is 366 g/mol. The van der Waals surface area contributed by atoms with Crippen molar-refractivity contribution < 1.29 is 0 Å². The van der Waals surface area contributed by atoms with Crippen molar-refractivity contribution in [3.8, 4) is 0 Å². The number of aromatic nitrogens is 2. The largest absolute Gasteiger partial charge is 0.318 e. The number of allylic oxidation sites excluding steroid dienone is 1. The molecule has 0 fully saturated rings. The lowest BCUT2D eigenvalue weighted by Crippen LogP contribution is -2.32. The lowest BCUT2D eigenvalue weighted by atomic mass is 9.96. The number of likely N-dealkylation sites (N-methyl/N-ethyl adjacent to an activating group) is 1. The zero-order valence-electron chi connectivity index (χ0n) is 15.5. The van der Waals surface area contributed by atoms with Crippen LogP contribution >= 0.6 is 11.6 Å². The molecule has 1 aromatic carbocycles. The van der Waals surface area contributed by atoms with Crippen LogP contribution in [-0.2, 0) is 6.42 Å². The van der Waals surface area contributed by atoms with Gasteiger partial charge in [-0.3, -0.25) is 9.88 Å². The maximum Gasteiger partial charge on any atom is 0.0530 e. The maximum absolute atomic E-state index is 6.33. The number of nitrogens with zero attached hydrogens (tertiary/aromatic N) is 3. The van der Waals surface area contributed by atoms with Crippen molar-refractivity contribution in [2.75, 3.05) is 13.6 Å². The molecule has 2 aromatic heterocycles. The molecular weight excluding hydrogens is 342 g/mol. The van der Waals surface area contributed by atoms with E-state index in [1.165, 1.54) is 27.7 Å². The van der Waals surface area contributed by atoms with Gasteiger partial charge in [0, 0.05) is 41.2 Å². The van der Waals surface area contributed by atoms with Crippen LogP contribution < -0.4 is 0 Å². The van der Waals surface area contributed by atoms with Crippen LogP contribution in [0.1, 0.15) is 43.1 Å². The summed E-state index contributed by atoms with van der Waals surface area (Å²) in [6, 6.07) is 10.8. The van der Waals surface area contributed by atoms with E-state index >= 15 is 0 Å². The van der Waals surface area contributed by atoms with Crippen LogP contribution in [-0.4, -0.2) is 28.0 Å². The van der Waals surface area contributed by atoms with Gasteiger partial charge in [0.15, 0.2) is 0 Å². The summed E-state index contributed by atoms with van der Waals surface area (Å²) in [6.45, 7) is 5.50. The van der Waals surface area contributed by atoms with Crippen LogP contribution in [0.3, 0.4) is 0 Å². The van der Waals surface area contributed by atoms with Gasteiger partial charge in [0.1, 0.15) is 0 Å². The Morgan fingerprint density at radius 1 is 1.35 bits per heavy atom. The van der Waals surface area contributed by atoms with E-state index in [0.717, 1.165) is 30.0 Å². The molecule has 1 aliphatic rings. The monoisotopic (exact) mass is 365 g/mol.